The number of nitrogens with one attached hydrogen (secondary N) is 1. The number of aromatic nitrogens is 2. The molecule has 0 spiro atoms. The van der Waals surface area contributed by atoms with Crippen molar-refractivity contribution in [3.05, 3.63) is 16.3 Å². The summed E-state index contributed by atoms with van der Waals surface area (Å²) in [7, 11) is 1.69. The molecular weight excluding hydrogens is 240 g/mol. The first-order chi connectivity index (χ1) is 8.19. The van der Waals surface area contributed by atoms with Crippen LogP contribution in [0.25, 0.3) is 0 Å². The first kappa shape index (κ1) is 13.7. The summed E-state index contributed by atoms with van der Waals surface area (Å²) in [5.41, 5.74) is -0.0227. The van der Waals surface area contributed by atoms with Gasteiger partial charge in [0.25, 0.3) is 0 Å². The molecule has 0 fully saturated rings. The Morgan fingerprint density at radius 1 is 1.53 bits per heavy atom. The summed E-state index contributed by atoms with van der Waals surface area (Å²) in [4.78, 5) is 18.3. The molecule has 1 heterocycles. The van der Waals surface area contributed by atoms with Gasteiger partial charge < -0.3 is 5.32 Å². The zero-order valence-electron chi connectivity index (χ0n) is 9.97. The van der Waals surface area contributed by atoms with Gasteiger partial charge in [0.15, 0.2) is 5.03 Å². The molecule has 0 unspecified atom stereocenters. The molecule has 0 aliphatic rings. The van der Waals surface area contributed by atoms with E-state index in [0.29, 0.717) is 11.0 Å². The molecule has 0 aliphatic carbocycles. The predicted octanol–water partition coefficient (Wildman–Crippen LogP) is 2.71. The van der Waals surface area contributed by atoms with E-state index in [2.05, 4.69) is 22.2 Å². The molecule has 0 aromatic carbocycles. The second-order valence-electron chi connectivity index (χ2n) is 3.45. The normalized spacial score (nSPS) is 10.2. The highest BCUT2D eigenvalue weighted by Gasteiger charge is 2.17. The lowest BCUT2D eigenvalue weighted by atomic mass is 10.3. The smallest absolute Gasteiger partial charge is 0.319 e. The lowest BCUT2D eigenvalue weighted by molar-refractivity contribution is -0.388. The minimum absolute atomic E-state index is 0.0227. The van der Waals surface area contributed by atoms with Crippen molar-refractivity contribution in [3.63, 3.8) is 0 Å². The van der Waals surface area contributed by atoms with Crippen molar-refractivity contribution in [1.29, 1.82) is 0 Å². The minimum Gasteiger partial charge on any atom is -0.357 e. The van der Waals surface area contributed by atoms with Gasteiger partial charge in [-0.3, -0.25) is 10.1 Å². The molecule has 1 aromatic rings. The van der Waals surface area contributed by atoms with E-state index in [-0.39, 0.29) is 5.69 Å². The molecule has 1 N–H and O–H groups in total. The SMILES string of the molecule is CCCCCSc1nc(NC)ncc1[N+](=O)[O-]. The molecule has 0 aliphatic heterocycles. The van der Waals surface area contributed by atoms with Crippen molar-refractivity contribution < 1.29 is 4.92 Å². The second-order valence-corrected chi connectivity index (χ2v) is 4.53. The number of unbranched alkanes of at least 4 members (excludes halogenated alkanes) is 2. The largest absolute Gasteiger partial charge is 0.357 e. The molecule has 94 valence electrons. The molecule has 0 amide bonds. The Hall–Kier alpha value is -1.37. The maximum Gasteiger partial charge on any atom is 0.319 e. The zero-order valence-corrected chi connectivity index (χ0v) is 10.8. The average Bonchev–Trinajstić information content (AvgIpc) is 2.34. The van der Waals surface area contributed by atoms with E-state index in [4.69, 9.17) is 0 Å². The fraction of sp³-hybridized carbons (Fsp3) is 0.600. The number of hydrogen-bond acceptors (Lipinski definition) is 6. The molecule has 0 saturated carbocycles. The van der Waals surface area contributed by atoms with Gasteiger partial charge >= 0.3 is 5.69 Å². The molecule has 0 radical (unpaired) electrons. The molecule has 1 rings (SSSR count). The highest BCUT2D eigenvalue weighted by atomic mass is 32.2. The Morgan fingerprint density at radius 2 is 2.29 bits per heavy atom. The first-order valence-electron chi connectivity index (χ1n) is 5.51. The topological polar surface area (TPSA) is 81.0 Å². The van der Waals surface area contributed by atoms with E-state index < -0.39 is 4.92 Å². The number of hydrogen-bond donors (Lipinski definition) is 1. The highest BCUT2D eigenvalue weighted by molar-refractivity contribution is 7.99. The van der Waals surface area contributed by atoms with Crippen molar-refractivity contribution in [2.75, 3.05) is 18.1 Å². The van der Waals surface area contributed by atoms with Crippen molar-refractivity contribution >= 4 is 23.4 Å². The average molecular weight is 256 g/mol. The lowest BCUT2D eigenvalue weighted by Gasteiger charge is -2.03. The van der Waals surface area contributed by atoms with E-state index in [0.717, 1.165) is 25.0 Å². The van der Waals surface area contributed by atoms with Gasteiger partial charge in [-0.15, -0.1) is 0 Å². The van der Waals surface area contributed by atoms with Gasteiger partial charge in [-0.25, -0.2) is 4.98 Å². The molecule has 0 bridgehead atoms. The standard InChI is InChI=1S/C10H16N4O2S/c1-3-4-5-6-17-9-8(14(15)16)7-12-10(11-2)13-9/h7H,3-6H2,1-2H3,(H,11,12,13). The Kier molecular flexibility index (Phi) is 5.68. The van der Waals surface area contributed by atoms with E-state index in [9.17, 15) is 10.1 Å². The number of nitrogens with zero attached hydrogens (tertiary/aromatic N) is 3. The van der Waals surface area contributed by atoms with Gasteiger partial charge in [0.05, 0.1) is 4.92 Å². The van der Waals surface area contributed by atoms with Crippen LogP contribution in [0.4, 0.5) is 11.6 Å². The fourth-order valence-corrected chi connectivity index (χ4v) is 2.20. The molecular formula is C10H16N4O2S. The van der Waals surface area contributed by atoms with E-state index >= 15 is 0 Å². The van der Waals surface area contributed by atoms with Crippen LogP contribution in [-0.4, -0.2) is 27.7 Å². The van der Waals surface area contributed by atoms with Gasteiger partial charge in [-0.05, 0) is 12.2 Å². The zero-order chi connectivity index (χ0) is 12.7. The third-order valence-electron chi connectivity index (χ3n) is 2.14. The quantitative estimate of drug-likeness (QED) is 0.265. The van der Waals surface area contributed by atoms with Gasteiger partial charge in [-0.1, -0.05) is 31.5 Å². The number of anilines is 1. The van der Waals surface area contributed by atoms with Crippen LogP contribution in [0.5, 0.6) is 0 Å². The molecule has 0 atom stereocenters. The van der Waals surface area contributed by atoms with Gasteiger partial charge in [-0.2, -0.15) is 4.98 Å². The minimum atomic E-state index is -0.443. The summed E-state index contributed by atoms with van der Waals surface area (Å²) in [6.45, 7) is 2.12. The van der Waals surface area contributed by atoms with Crippen LogP contribution < -0.4 is 5.32 Å². The van der Waals surface area contributed by atoms with Crippen molar-refractivity contribution in [2.24, 2.45) is 0 Å². The summed E-state index contributed by atoms with van der Waals surface area (Å²) >= 11 is 1.41. The maximum absolute atomic E-state index is 10.8. The Balaban J connectivity index is 2.75. The van der Waals surface area contributed by atoms with E-state index in [1.165, 1.54) is 18.0 Å². The van der Waals surface area contributed by atoms with Crippen LogP contribution in [0.15, 0.2) is 11.2 Å². The van der Waals surface area contributed by atoms with E-state index in [1.54, 1.807) is 7.05 Å². The van der Waals surface area contributed by atoms with Crippen LogP contribution in [0.2, 0.25) is 0 Å². The van der Waals surface area contributed by atoms with Crippen LogP contribution in [0, 0.1) is 10.1 Å². The molecule has 6 nitrogen and oxygen atoms in total. The number of thioether (sulfide) groups is 1. The lowest BCUT2D eigenvalue weighted by Crippen LogP contribution is -2.01. The Labute approximate surface area is 104 Å². The summed E-state index contributed by atoms with van der Waals surface area (Å²) in [5, 5.41) is 14.0. The third kappa shape index (κ3) is 4.18. The maximum atomic E-state index is 10.8. The summed E-state index contributed by atoms with van der Waals surface area (Å²) in [6.07, 6.45) is 4.55. The number of rotatable bonds is 7. The molecule has 1 aromatic heterocycles. The monoisotopic (exact) mass is 256 g/mol. The Bertz CT molecular complexity index is 387. The van der Waals surface area contributed by atoms with E-state index in [1.807, 2.05) is 0 Å². The van der Waals surface area contributed by atoms with Gasteiger partial charge in [0.1, 0.15) is 6.20 Å². The molecule has 7 heteroatoms. The molecule has 17 heavy (non-hydrogen) atoms. The van der Waals surface area contributed by atoms with Crippen LogP contribution in [0.3, 0.4) is 0 Å². The summed E-state index contributed by atoms with van der Waals surface area (Å²) < 4.78 is 0. The molecule has 0 saturated heterocycles. The van der Waals surface area contributed by atoms with Gasteiger partial charge in [0, 0.05) is 7.05 Å². The second kappa shape index (κ2) is 7.05. The highest BCUT2D eigenvalue weighted by Crippen LogP contribution is 2.27. The predicted molar refractivity (Wildman–Crippen MR) is 68.5 cm³/mol. The van der Waals surface area contributed by atoms with Crippen LogP contribution in [0.1, 0.15) is 26.2 Å². The fourth-order valence-electron chi connectivity index (χ4n) is 1.23. The van der Waals surface area contributed by atoms with Crippen molar-refractivity contribution in [1.82, 2.24) is 9.97 Å². The Morgan fingerprint density at radius 3 is 2.88 bits per heavy atom. The summed E-state index contributed by atoms with van der Waals surface area (Å²) in [5.74, 6) is 1.25. The summed E-state index contributed by atoms with van der Waals surface area (Å²) in [6, 6.07) is 0. The first-order valence-corrected chi connectivity index (χ1v) is 6.49. The van der Waals surface area contributed by atoms with Crippen molar-refractivity contribution in [3.8, 4) is 0 Å². The van der Waals surface area contributed by atoms with Crippen molar-refractivity contribution in [2.45, 2.75) is 31.2 Å². The van der Waals surface area contributed by atoms with Gasteiger partial charge in [0.2, 0.25) is 5.95 Å². The van der Waals surface area contributed by atoms with Crippen LogP contribution >= 0.6 is 11.8 Å². The third-order valence-corrected chi connectivity index (χ3v) is 3.21. The number of nitro groups is 1. The van der Waals surface area contributed by atoms with Crippen LogP contribution in [-0.2, 0) is 0 Å².